The van der Waals surface area contributed by atoms with E-state index in [2.05, 4.69) is 223 Å². The Morgan fingerprint density at radius 3 is 1.57 bits per heavy atom. The number of benzene rings is 10. The second-order valence-electron chi connectivity index (χ2n) is 15.5. The summed E-state index contributed by atoms with van der Waals surface area (Å²) in [6, 6.07) is 79.4. The molecule has 0 unspecified atom stereocenters. The van der Waals surface area contributed by atoms with Crippen molar-refractivity contribution in [2.75, 3.05) is 4.90 Å². The van der Waals surface area contributed by atoms with E-state index in [-0.39, 0.29) is 0 Å². The Morgan fingerprint density at radius 2 is 0.902 bits per heavy atom. The van der Waals surface area contributed by atoms with Crippen LogP contribution in [0.4, 0.5) is 17.1 Å². The molecule has 0 saturated heterocycles. The molecule has 0 aliphatic carbocycles. The summed E-state index contributed by atoms with van der Waals surface area (Å²) in [7, 11) is 0. The van der Waals surface area contributed by atoms with E-state index in [1.807, 2.05) is 11.3 Å². The number of thiazole rings is 1. The second kappa shape index (κ2) is 14.7. The van der Waals surface area contributed by atoms with E-state index >= 15 is 0 Å². The first-order chi connectivity index (χ1) is 30.2. The van der Waals surface area contributed by atoms with Crippen LogP contribution in [0.15, 0.2) is 218 Å². The molecule has 2 heterocycles. The highest BCUT2D eigenvalue weighted by molar-refractivity contribution is 7.27. The predicted molar refractivity (Wildman–Crippen MR) is 264 cm³/mol. The van der Waals surface area contributed by atoms with Crippen molar-refractivity contribution in [2.45, 2.75) is 0 Å². The summed E-state index contributed by atoms with van der Waals surface area (Å²) >= 11 is 3.65. The molecular formula is C57H36N2S2. The molecule has 0 radical (unpaired) electrons. The Kier molecular flexibility index (Phi) is 8.58. The zero-order valence-corrected chi connectivity index (χ0v) is 34.6. The molecule has 0 saturated carbocycles. The molecule has 2 nitrogen and oxygen atoms in total. The molecule has 0 aliphatic heterocycles. The van der Waals surface area contributed by atoms with Crippen molar-refractivity contribution in [1.82, 2.24) is 4.98 Å². The molecule has 286 valence electrons. The molecule has 12 rings (SSSR count). The van der Waals surface area contributed by atoms with Crippen LogP contribution in [0.5, 0.6) is 0 Å². The first kappa shape index (κ1) is 35.6. The highest BCUT2D eigenvalue weighted by Gasteiger charge is 2.22. The Labute approximate surface area is 361 Å². The maximum atomic E-state index is 5.04. The van der Waals surface area contributed by atoms with Gasteiger partial charge in [0.15, 0.2) is 0 Å². The number of rotatable bonds is 7. The summed E-state index contributed by atoms with van der Waals surface area (Å²) in [5, 5.41) is 8.52. The fourth-order valence-electron chi connectivity index (χ4n) is 8.95. The highest BCUT2D eigenvalue weighted by atomic mass is 32.1. The standard InChI is InChI=1S/C57H36N2S2/c1-3-13-37(14-4-1)39-23-28-43(29-24-39)59(44-30-25-40(26-31-44)38-15-5-2-6-16-38)52-35-41-17-7-8-18-46(41)56-55(52)50-32-27-42(36-54(50)60-56)45-33-34-49(48-20-10-9-19-47(45)48)57-58-51-21-11-12-22-53(51)61-57/h1-36H. The lowest BCUT2D eigenvalue weighted by atomic mass is 9.94. The van der Waals surface area contributed by atoms with Gasteiger partial charge in [0, 0.05) is 37.1 Å². The van der Waals surface area contributed by atoms with Crippen LogP contribution in [0.2, 0.25) is 0 Å². The topological polar surface area (TPSA) is 16.1 Å². The van der Waals surface area contributed by atoms with E-state index < -0.39 is 0 Å². The van der Waals surface area contributed by atoms with Crippen LogP contribution in [0.3, 0.4) is 0 Å². The minimum Gasteiger partial charge on any atom is -0.310 e. The summed E-state index contributed by atoms with van der Waals surface area (Å²) in [5.74, 6) is 0. The number of nitrogens with zero attached hydrogens (tertiary/aromatic N) is 2. The fourth-order valence-corrected chi connectivity index (χ4v) is 11.3. The Morgan fingerprint density at radius 1 is 0.361 bits per heavy atom. The van der Waals surface area contributed by atoms with E-state index in [9.17, 15) is 0 Å². The average molecular weight is 813 g/mol. The summed E-state index contributed by atoms with van der Waals surface area (Å²) in [6.45, 7) is 0. The van der Waals surface area contributed by atoms with Gasteiger partial charge in [-0.25, -0.2) is 4.98 Å². The zero-order chi connectivity index (χ0) is 40.3. The minimum atomic E-state index is 1.05. The van der Waals surface area contributed by atoms with Crippen LogP contribution in [0.1, 0.15) is 0 Å². The molecular weight excluding hydrogens is 777 g/mol. The van der Waals surface area contributed by atoms with Crippen molar-refractivity contribution in [3.05, 3.63) is 218 Å². The quantitative estimate of drug-likeness (QED) is 0.159. The van der Waals surface area contributed by atoms with Crippen molar-refractivity contribution < 1.29 is 0 Å². The third kappa shape index (κ3) is 6.19. The molecule has 10 aromatic carbocycles. The van der Waals surface area contributed by atoms with Gasteiger partial charge < -0.3 is 4.90 Å². The molecule has 0 atom stereocenters. The molecule has 0 aliphatic rings. The van der Waals surface area contributed by atoms with Crippen LogP contribution < -0.4 is 4.90 Å². The van der Waals surface area contributed by atoms with E-state index in [4.69, 9.17) is 4.98 Å². The SMILES string of the molecule is c1ccc(-c2ccc(N(c3ccc(-c4ccccc4)cc3)c3cc4ccccc4c4sc5cc(-c6ccc(-c7nc8ccccc8s7)c7ccccc67)ccc5c34)cc2)cc1. The first-order valence-electron chi connectivity index (χ1n) is 20.6. The van der Waals surface area contributed by atoms with Crippen molar-refractivity contribution >= 4 is 91.7 Å². The lowest BCUT2D eigenvalue weighted by Crippen LogP contribution is -2.10. The maximum absolute atomic E-state index is 5.04. The van der Waals surface area contributed by atoms with Gasteiger partial charge in [0.05, 0.1) is 15.9 Å². The lowest BCUT2D eigenvalue weighted by Gasteiger charge is -2.27. The summed E-state index contributed by atoms with van der Waals surface area (Å²) in [5.41, 5.74) is 12.8. The van der Waals surface area contributed by atoms with Gasteiger partial charge in [-0.3, -0.25) is 0 Å². The Hall–Kier alpha value is -7.37. The third-order valence-corrected chi connectivity index (χ3v) is 14.2. The Balaban J connectivity index is 1.04. The average Bonchev–Trinajstić information content (AvgIpc) is 3.95. The van der Waals surface area contributed by atoms with Crippen LogP contribution in [0.25, 0.3) is 95.9 Å². The van der Waals surface area contributed by atoms with Gasteiger partial charge in [-0.15, -0.1) is 22.7 Å². The van der Waals surface area contributed by atoms with E-state index in [0.717, 1.165) is 21.9 Å². The van der Waals surface area contributed by atoms with Crippen LogP contribution >= 0.6 is 22.7 Å². The first-order valence-corrected chi connectivity index (χ1v) is 22.2. The van der Waals surface area contributed by atoms with Gasteiger partial charge in [0.2, 0.25) is 0 Å². The molecule has 0 N–H and O–H groups in total. The fraction of sp³-hybridized carbons (Fsp3) is 0. The lowest BCUT2D eigenvalue weighted by molar-refractivity contribution is 1.30. The number of fused-ring (bicyclic) bond motifs is 7. The summed E-state index contributed by atoms with van der Waals surface area (Å²) in [4.78, 5) is 7.50. The smallest absolute Gasteiger partial charge is 0.125 e. The maximum Gasteiger partial charge on any atom is 0.125 e. The second-order valence-corrected chi connectivity index (χ2v) is 17.6. The number of para-hydroxylation sites is 1. The van der Waals surface area contributed by atoms with Crippen molar-refractivity contribution in [3.63, 3.8) is 0 Å². The molecule has 4 heteroatoms. The van der Waals surface area contributed by atoms with E-state index in [0.29, 0.717) is 0 Å². The number of anilines is 3. The normalized spacial score (nSPS) is 11.6. The number of hydrogen-bond acceptors (Lipinski definition) is 4. The number of thiophene rings is 1. The number of aromatic nitrogens is 1. The molecule has 0 amide bonds. The van der Waals surface area contributed by atoms with E-state index in [1.165, 1.54) is 91.0 Å². The van der Waals surface area contributed by atoms with Gasteiger partial charge in [-0.2, -0.15) is 0 Å². The van der Waals surface area contributed by atoms with Crippen LogP contribution in [-0.2, 0) is 0 Å². The Bertz CT molecular complexity index is 3450. The van der Waals surface area contributed by atoms with Gasteiger partial charge in [-0.1, -0.05) is 170 Å². The zero-order valence-electron chi connectivity index (χ0n) is 33.0. The molecule has 12 aromatic rings. The highest BCUT2D eigenvalue weighted by Crippen LogP contribution is 2.49. The molecule has 2 aromatic heterocycles. The number of hydrogen-bond donors (Lipinski definition) is 0. The predicted octanol–water partition coefficient (Wildman–Crippen LogP) is 17.1. The van der Waals surface area contributed by atoms with Gasteiger partial charge in [-0.05, 0) is 103 Å². The monoisotopic (exact) mass is 812 g/mol. The van der Waals surface area contributed by atoms with Gasteiger partial charge >= 0.3 is 0 Å². The summed E-state index contributed by atoms with van der Waals surface area (Å²) in [6.07, 6.45) is 0. The van der Waals surface area contributed by atoms with Crippen molar-refractivity contribution in [1.29, 1.82) is 0 Å². The molecule has 61 heavy (non-hydrogen) atoms. The van der Waals surface area contributed by atoms with Crippen molar-refractivity contribution in [3.8, 4) is 44.0 Å². The van der Waals surface area contributed by atoms with Crippen molar-refractivity contribution in [2.24, 2.45) is 0 Å². The molecule has 0 bridgehead atoms. The van der Waals surface area contributed by atoms with Gasteiger partial charge in [0.1, 0.15) is 5.01 Å². The summed E-state index contributed by atoms with van der Waals surface area (Å²) < 4.78 is 3.77. The van der Waals surface area contributed by atoms with E-state index in [1.54, 1.807) is 11.3 Å². The van der Waals surface area contributed by atoms with Crippen LogP contribution in [-0.4, -0.2) is 4.98 Å². The molecule has 0 spiro atoms. The third-order valence-electron chi connectivity index (χ3n) is 11.9. The largest absolute Gasteiger partial charge is 0.310 e. The van der Waals surface area contributed by atoms with Crippen LogP contribution in [0, 0.1) is 0 Å². The van der Waals surface area contributed by atoms with Gasteiger partial charge in [0.25, 0.3) is 0 Å². The molecule has 0 fully saturated rings. The minimum absolute atomic E-state index is 1.05.